The van der Waals surface area contributed by atoms with Crippen LogP contribution in [0.1, 0.15) is 10.4 Å². The molecule has 1 heterocycles. The van der Waals surface area contributed by atoms with Gasteiger partial charge in [-0.2, -0.15) is 0 Å². The Balaban J connectivity index is 2.78. The van der Waals surface area contributed by atoms with E-state index in [0.717, 1.165) is 5.39 Å². The molecule has 2 rings (SSSR count). The Kier molecular flexibility index (Phi) is 2.70. The predicted octanol–water partition coefficient (Wildman–Crippen LogP) is 1.36. The van der Waals surface area contributed by atoms with Crippen LogP contribution < -0.4 is 10.2 Å². The molecule has 16 heavy (non-hydrogen) atoms. The monoisotopic (exact) mass is 218 g/mol. The van der Waals surface area contributed by atoms with Gasteiger partial charge in [0, 0.05) is 17.8 Å². The number of carbonyl (C=O) groups is 1. The van der Waals surface area contributed by atoms with Gasteiger partial charge in [0.25, 0.3) is 5.91 Å². The van der Waals surface area contributed by atoms with E-state index < -0.39 is 5.91 Å². The van der Waals surface area contributed by atoms with E-state index >= 15 is 0 Å². The lowest BCUT2D eigenvalue weighted by Crippen LogP contribution is -2.19. The number of rotatable bonds is 2. The zero-order chi connectivity index (χ0) is 11.5. The van der Waals surface area contributed by atoms with Crippen LogP contribution in [-0.2, 0) is 0 Å². The molecule has 0 saturated carbocycles. The summed E-state index contributed by atoms with van der Waals surface area (Å²) >= 11 is 0. The molecule has 0 saturated heterocycles. The van der Waals surface area contributed by atoms with E-state index in [1.165, 1.54) is 7.11 Å². The summed E-state index contributed by atoms with van der Waals surface area (Å²) in [6.45, 7) is 0. The standard InChI is InChI=1S/C11H10N2O3/c1-16-9-3-2-7-4-5-12-6-8(7)10(9)11(14)13-15/h2-6,15H,1H3,(H,13,14). The molecule has 0 unspecified atom stereocenters. The fourth-order valence-corrected chi connectivity index (χ4v) is 1.60. The molecule has 0 atom stereocenters. The number of methoxy groups -OCH3 is 1. The van der Waals surface area contributed by atoms with Crippen LogP contribution in [0.2, 0.25) is 0 Å². The summed E-state index contributed by atoms with van der Waals surface area (Å²) in [5.41, 5.74) is 1.88. The van der Waals surface area contributed by atoms with E-state index in [9.17, 15) is 4.79 Å². The second kappa shape index (κ2) is 4.16. The fourth-order valence-electron chi connectivity index (χ4n) is 1.60. The molecule has 0 aliphatic heterocycles. The number of hydrogen-bond donors (Lipinski definition) is 2. The maximum absolute atomic E-state index is 11.5. The molecule has 1 aromatic carbocycles. The van der Waals surface area contributed by atoms with Gasteiger partial charge in [-0.3, -0.25) is 15.0 Å². The van der Waals surface area contributed by atoms with Crippen LogP contribution in [0.15, 0.2) is 30.6 Å². The van der Waals surface area contributed by atoms with Crippen LogP contribution in [0.25, 0.3) is 10.8 Å². The van der Waals surface area contributed by atoms with Gasteiger partial charge in [-0.05, 0) is 17.5 Å². The molecular weight excluding hydrogens is 208 g/mol. The lowest BCUT2D eigenvalue weighted by atomic mass is 10.1. The zero-order valence-electron chi connectivity index (χ0n) is 8.60. The number of aromatic nitrogens is 1. The van der Waals surface area contributed by atoms with Crippen LogP contribution in [0.3, 0.4) is 0 Å². The average Bonchev–Trinajstić information content (AvgIpc) is 2.36. The normalized spacial score (nSPS) is 10.1. The second-order valence-corrected chi connectivity index (χ2v) is 3.18. The van der Waals surface area contributed by atoms with Crippen LogP contribution in [0, 0.1) is 0 Å². The lowest BCUT2D eigenvalue weighted by Gasteiger charge is -2.09. The van der Waals surface area contributed by atoms with Gasteiger partial charge >= 0.3 is 0 Å². The van der Waals surface area contributed by atoms with Gasteiger partial charge in [-0.25, -0.2) is 5.48 Å². The van der Waals surface area contributed by atoms with E-state index in [0.29, 0.717) is 11.1 Å². The maximum Gasteiger partial charge on any atom is 0.279 e. The highest BCUT2D eigenvalue weighted by Crippen LogP contribution is 2.26. The fraction of sp³-hybridized carbons (Fsp3) is 0.0909. The van der Waals surface area contributed by atoms with Gasteiger partial charge in [-0.15, -0.1) is 0 Å². The van der Waals surface area contributed by atoms with Crippen molar-refractivity contribution in [3.05, 3.63) is 36.2 Å². The highest BCUT2D eigenvalue weighted by molar-refractivity contribution is 6.08. The van der Waals surface area contributed by atoms with Crippen LogP contribution in [-0.4, -0.2) is 23.2 Å². The third kappa shape index (κ3) is 1.57. The Morgan fingerprint density at radius 2 is 2.25 bits per heavy atom. The Morgan fingerprint density at radius 1 is 1.44 bits per heavy atom. The van der Waals surface area contributed by atoms with Crippen molar-refractivity contribution in [1.29, 1.82) is 0 Å². The third-order valence-corrected chi connectivity index (χ3v) is 2.33. The smallest absolute Gasteiger partial charge is 0.279 e. The summed E-state index contributed by atoms with van der Waals surface area (Å²) in [4.78, 5) is 15.5. The number of benzene rings is 1. The number of pyridine rings is 1. The molecule has 5 nitrogen and oxygen atoms in total. The van der Waals surface area contributed by atoms with E-state index in [2.05, 4.69) is 4.98 Å². The summed E-state index contributed by atoms with van der Waals surface area (Å²) in [6, 6.07) is 5.28. The molecule has 82 valence electrons. The number of hydroxylamine groups is 1. The molecule has 0 spiro atoms. The average molecular weight is 218 g/mol. The largest absolute Gasteiger partial charge is 0.496 e. The third-order valence-electron chi connectivity index (χ3n) is 2.33. The van der Waals surface area contributed by atoms with Crippen LogP contribution in [0.4, 0.5) is 0 Å². The lowest BCUT2D eigenvalue weighted by molar-refractivity contribution is 0.0705. The molecule has 0 bridgehead atoms. The number of nitrogens with zero attached hydrogens (tertiary/aromatic N) is 1. The van der Waals surface area contributed by atoms with Crippen molar-refractivity contribution in [3.63, 3.8) is 0 Å². The number of fused-ring (bicyclic) bond motifs is 1. The summed E-state index contributed by atoms with van der Waals surface area (Å²) in [5, 5.41) is 10.2. The summed E-state index contributed by atoms with van der Waals surface area (Å²) in [5.74, 6) is -0.220. The first-order chi connectivity index (χ1) is 7.77. The second-order valence-electron chi connectivity index (χ2n) is 3.18. The van der Waals surface area contributed by atoms with Crippen molar-refractivity contribution in [1.82, 2.24) is 10.5 Å². The van der Waals surface area contributed by atoms with Crippen molar-refractivity contribution in [2.75, 3.05) is 7.11 Å². The molecule has 2 aromatic rings. The summed E-state index contributed by atoms with van der Waals surface area (Å²) < 4.78 is 5.08. The van der Waals surface area contributed by atoms with Gasteiger partial charge in [0.1, 0.15) is 5.75 Å². The summed E-state index contributed by atoms with van der Waals surface area (Å²) in [7, 11) is 1.46. The van der Waals surface area contributed by atoms with E-state index in [-0.39, 0.29) is 5.56 Å². The molecule has 0 fully saturated rings. The minimum absolute atomic E-state index is 0.274. The minimum atomic E-state index is -0.615. The Hall–Kier alpha value is -2.14. The Labute approximate surface area is 91.6 Å². The van der Waals surface area contributed by atoms with Crippen molar-refractivity contribution in [2.45, 2.75) is 0 Å². The first kappa shape index (κ1) is 10.4. The highest BCUT2D eigenvalue weighted by Gasteiger charge is 2.15. The number of carbonyl (C=O) groups excluding carboxylic acids is 1. The molecule has 0 aliphatic carbocycles. The van der Waals surface area contributed by atoms with Crippen molar-refractivity contribution < 1.29 is 14.7 Å². The van der Waals surface area contributed by atoms with Crippen molar-refractivity contribution in [2.24, 2.45) is 0 Å². The number of hydrogen-bond acceptors (Lipinski definition) is 4. The van der Waals surface area contributed by atoms with Crippen LogP contribution >= 0.6 is 0 Å². The minimum Gasteiger partial charge on any atom is -0.496 e. The Bertz CT molecular complexity index is 540. The van der Waals surface area contributed by atoms with Gasteiger partial charge in [0.2, 0.25) is 0 Å². The number of nitrogens with one attached hydrogen (secondary N) is 1. The van der Waals surface area contributed by atoms with Gasteiger partial charge in [-0.1, -0.05) is 6.07 Å². The van der Waals surface area contributed by atoms with Crippen molar-refractivity contribution >= 4 is 16.7 Å². The van der Waals surface area contributed by atoms with E-state index in [4.69, 9.17) is 9.94 Å². The number of amides is 1. The van der Waals surface area contributed by atoms with Crippen LogP contribution in [0.5, 0.6) is 5.75 Å². The molecular formula is C11H10N2O3. The SMILES string of the molecule is COc1ccc2ccncc2c1C(=O)NO. The van der Waals surface area contributed by atoms with Gasteiger partial charge < -0.3 is 4.74 Å². The molecule has 2 N–H and O–H groups in total. The summed E-state index contributed by atoms with van der Waals surface area (Å²) in [6.07, 6.45) is 3.19. The molecule has 1 aromatic heterocycles. The maximum atomic E-state index is 11.5. The van der Waals surface area contributed by atoms with E-state index in [1.54, 1.807) is 30.0 Å². The highest BCUT2D eigenvalue weighted by atomic mass is 16.5. The molecule has 0 radical (unpaired) electrons. The Morgan fingerprint density at radius 3 is 2.94 bits per heavy atom. The van der Waals surface area contributed by atoms with Gasteiger partial charge in [0.15, 0.2) is 0 Å². The quantitative estimate of drug-likeness (QED) is 0.589. The topological polar surface area (TPSA) is 71.5 Å². The first-order valence-corrected chi connectivity index (χ1v) is 4.63. The van der Waals surface area contributed by atoms with Crippen molar-refractivity contribution in [3.8, 4) is 5.75 Å². The van der Waals surface area contributed by atoms with Gasteiger partial charge in [0.05, 0.1) is 12.7 Å². The zero-order valence-corrected chi connectivity index (χ0v) is 8.60. The molecule has 1 amide bonds. The first-order valence-electron chi connectivity index (χ1n) is 4.63. The number of ether oxygens (including phenoxy) is 1. The predicted molar refractivity (Wildman–Crippen MR) is 57.5 cm³/mol. The van der Waals surface area contributed by atoms with E-state index in [1.807, 2.05) is 6.07 Å². The molecule has 5 heteroatoms. The molecule has 0 aliphatic rings.